The van der Waals surface area contributed by atoms with Crippen LogP contribution in [0, 0.1) is 0 Å². The maximum Gasteiger partial charge on any atom is 0.315 e. The highest BCUT2D eigenvalue weighted by molar-refractivity contribution is 5.74. The van der Waals surface area contributed by atoms with Gasteiger partial charge < -0.3 is 15.4 Å². The van der Waals surface area contributed by atoms with Crippen molar-refractivity contribution in [3.8, 4) is 0 Å². The molecule has 7 heteroatoms. The van der Waals surface area contributed by atoms with Crippen molar-refractivity contribution in [1.29, 1.82) is 0 Å². The van der Waals surface area contributed by atoms with Gasteiger partial charge in [-0.1, -0.05) is 0 Å². The number of hydrogen-bond acceptors (Lipinski definition) is 4. The summed E-state index contributed by atoms with van der Waals surface area (Å²) in [6.07, 6.45) is 6.25. The molecular weight excluding hydrogens is 246 g/mol. The summed E-state index contributed by atoms with van der Waals surface area (Å²) in [5.74, 6) is 0. The number of aryl methyl sites for hydroxylation is 1. The van der Waals surface area contributed by atoms with Crippen LogP contribution in [0.4, 0.5) is 4.79 Å². The SMILES string of the molecule is CC(NC(=O)NCCCn1cncn1)C1CCCO1. The van der Waals surface area contributed by atoms with Crippen LogP contribution < -0.4 is 10.6 Å². The summed E-state index contributed by atoms with van der Waals surface area (Å²) < 4.78 is 7.27. The van der Waals surface area contributed by atoms with E-state index in [2.05, 4.69) is 20.7 Å². The van der Waals surface area contributed by atoms with Crippen molar-refractivity contribution in [3.63, 3.8) is 0 Å². The lowest BCUT2D eigenvalue weighted by Gasteiger charge is -2.20. The average molecular weight is 267 g/mol. The van der Waals surface area contributed by atoms with Gasteiger partial charge in [-0.2, -0.15) is 5.10 Å². The van der Waals surface area contributed by atoms with Gasteiger partial charge >= 0.3 is 6.03 Å². The second kappa shape index (κ2) is 7.08. The van der Waals surface area contributed by atoms with Gasteiger partial charge in [0.05, 0.1) is 12.1 Å². The van der Waals surface area contributed by atoms with Crippen LogP contribution in [0.15, 0.2) is 12.7 Å². The topological polar surface area (TPSA) is 81.1 Å². The van der Waals surface area contributed by atoms with Gasteiger partial charge in [0.2, 0.25) is 0 Å². The number of aromatic nitrogens is 3. The number of ether oxygens (including phenoxy) is 1. The summed E-state index contributed by atoms with van der Waals surface area (Å²) >= 11 is 0. The third-order valence-electron chi connectivity index (χ3n) is 3.20. The van der Waals surface area contributed by atoms with E-state index in [0.717, 1.165) is 32.4 Å². The van der Waals surface area contributed by atoms with E-state index in [0.29, 0.717) is 6.54 Å². The predicted molar refractivity (Wildman–Crippen MR) is 69.6 cm³/mol. The number of hydrogen-bond donors (Lipinski definition) is 2. The van der Waals surface area contributed by atoms with Gasteiger partial charge in [0, 0.05) is 19.7 Å². The van der Waals surface area contributed by atoms with Gasteiger partial charge in [0.15, 0.2) is 0 Å². The molecule has 2 N–H and O–H groups in total. The van der Waals surface area contributed by atoms with Crippen molar-refractivity contribution >= 4 is 6.03 Å². The van der Waals surface area contributed by atoms with Crippen molar-refractivity contribution in [2.45, 2.75) is 44.9 Å². The molecule has 1 aromatic heterocycles. The molecule has 1 aliphatic heterocycles. The average Bonchev–Trinajstić information content (AvgIpc) is 3.07. The zero-order valence-electron chi connectivity index (χ0n) is 11.2. The van der Waals surface area contributed by atoms with Crippen molar-refractivity contribution in [2.24, 2.45) is 0 Å². The molecule has 2 amide bonds. The molecule has 19 heavy (non-hydrogen) atoms. The van der Waals surface area contributed by atoms with E-state index in [1.165, 1.54) is 6.33 Å². The quantitative estimate of drug-likeness (QED) is 0.737. The van der Waals surface area contributed by atoms with Crippen LogP contribution in [0.5, 0.6) is 0 Å². The molecule has 1 aromatic rings. The van der Waals surface area contributed by atoms with Gasteiger partial charge in [0.25, 0.3) is 0 Å². The number of carbonyl (C=O) groups is 1. The summed E-state index contributed by atoms with van der Waals surface area (Å²) in [4.78, 5) is 15.5. The van der Waals surface area contributed by atoms with Crippen LogP contribution in [-0.4, -0.2) is 46.1 Å². The largest absolute Gasteiger partial charge is 0.376 e. The van der Waals surface area contributed by atoms with E-state index >= 15 is 0 Å². The zero-order chi connectivity index (χ0) is 13.5. The Balaban J connectivity index is 1.56. The molecule has 1 fully saturated rings. The minimum Gasteiger partial charge on any atom is -0.376 e. The van der Waals surface area contributed by atoms with Crippen LogP contribution >= 0.6 is 0 Å². The van der Waals surface area contributed by atoms with Crippen molar-refractivity contribution < 1.29 is 9.53 Å². The summed E-state index contributed by atoms with van der Waals surface area (Å²) in [5, 5.41) is 9.73. The maximum absolute atomic E-state index is 11.7. The number of nitrogens with one attached hydrogen (secondary N) is 2. The van der Waals surface area contributed by atoms with Gasteiger partial charge in [-0.05, 0) is 26.2 Å². The van der Waals surface area contributed by atoms with E-state index in [9.17, 15) is 4.79 Å². The Hall–Kier alpha value is -1.63. The smallest absolute Gasteiger partial charge is 0.315 e. The van der Waals surface area contributed by atoms with E-state index in [-0.39, 0.29) is 18.2 Å². The lowest BCUT2D eigenvalue weighted by atomic mass is 10.1. The summed E-state index contributed by atoms with van der Waals surface area (Å²) in [6, 6.07) is -0.0839. The predicted octanol–water partition coefficient (Wildman–Crippen LogP) is 0.535. The number of nitrogens with zero attached hydrogens (tertiary/aromatic N) is 3. The molecule has 0 saturated carbocycles. The molecule has 2 rings (SSSR count). The normalized spacial score (nSPS) is 20.2. The second-order valence-electron chi connectivity index (χ2n) is 4.75. The summed E-state index contributed by atoms with van der Waals surface area (Å²) in [6.45, 7) is 4.15. The van der Waals surface area contributed by atoms with E-state index < -0.39 is 0 Å². The molecule has 2 atom stereocenters. The van der Waals surface area contributed by atoms with Crippen LogP contribution in [0.1, 0.15) is 26.2 Å². The van der Waals surface area contributed by atoms with E-state index in [4.69, 9.17) is 4.74 Å². The molecule has 106 valence electrons. The third kappa shape index (κ3) is 4.51. The molecule has 2 unspecified atom stereocenters. The van der Waals surface area contributed by atoms with E-state index in [1.807, 2.05) is 6.92 Å². The Kier molecular flexibility index (Phi) is 5.14. The highest BCUT2D eigenvalue weighted by Gasteiger charge is 2.23. The van der Waals surface area contributed by atoms with Gasteiger partial charge in [0.1, 0.15) is 12.7 Å². The van der Waals surface area contributed by atoms with Crippen LogP contribution in [-0.2, 0) is 11.3 Å². The number of urea groups is 1. The Morgan fingerprint density at radius 3 is 3.21 bits per heavy atom. The summed E-state index contributed by atoms with van der Waals surface area (Å²) in [5.41, 5.74) is 0. The molecular formula is C12H21N5O2. The molecule has 1 aliphatic rings. The van der Waals surface area contributed by atoms with Crippen molar-refractivity contribution in [2.75, 3.05) is 13.2 Å². The lowest BCUT2D eigenvalue weighted by Crippen LogP contribution is -2.46. The second-order valence-corrected chi connectivity index (χ2v) is 4.75. The Bertz CT molecular complexity index is 375. The molecule has 1 saturated heterocycles. The highest BCUT2D eigenvalue weighted by Crippen LogP contribution is 2.15. The zero-order valence-corrected chi connectivity index (χ0v) is 11.2. The molecule has 2 heterocycles. The molecule has 0 aromatic carbocycles. The summed E-state index contributed by atoms with van der Waals surface area (Å²) in [7, 11) is 0. The Labute approximate surface area is 112 Å². The van der Waals surface area contributed by atoms with Crippen LogP contribution in [0.25, 0.3) is 0 Å². The molecule has 0 radical (unpaired) electrons. The van der Waals surface area contributed by atoms with Crippen molar-refractivity contribution in [1.82, 2.24) is 25.4 Å². The fourth-order valence-corrected chi connectivity index (χ4v) is 2.14. The minimum atomic E-state index is -0.137. The maximum atomic E-state index is 11.7. The van der Waals surface area contributed by atoms with Gasteiger partial charge in [-0.3, -0.25) is 4.68 Å². The number of carbonyl (C=O) groups excluding carboxylic acids is 1. The number of amides is 2. The highest BCUT2D eigenvalue weighted by atomic mass is 16.5. The fraction of sp³-hybridized carbons (Fsp3) is 0.750. The monoisotopic (exact) mass is 267 g/mol. The first-order valence-corrected chi connectivity index (χ1v) is 6.74. The van der Waals surface area contributed by atoms with Gasteiger partial charge in [-0.25, -0.2) is 9.78 Å². The lowest BCUT2D eigenvalue weighted by molar-refractivity contribution is 0.0860. The molecule has 0 spiro atoms. The van der Waals surface area contributed by atoms with E-state index in [1.54, 1.807) is 11.0 Å². The molecule has 7 nitrogen and oxygen atoms in total. The number of rotatable bonds is 6. The van der Waals surface area contributed by atoms with Crippen molar-refractivity contribution in [3.05, 3.63) is 12.7 Å². The van der Waals surface area contributed by atoms with Gasteiger partial charge in [-0.15, -0.1) is 0 Å². The Morgan fingerprint density at radius 2 is 2.53 bits per heavy atom. The van der Waals surface area contributed by atoms with Crippen LogP contribution in [0.3, 0.4) is 0 Å². The third-order valence-corrected chi connectivity index (χ3v) is 3.20. The standard InChI is InChI=1S/C12H21N5O2/c1-10(11-4-2-7-19-11)16-12(18)14-5-3-6-17-9-13-8-15-17/h8-11H,2-7H2,1H3,(H2,14,16,18). The first kappa shape index (κ1) is 13.8. The minimum absolute atomic E-state index is 0.0535. The molecule has 0 aliphatic carbocycles. The first-order valence-electron chi connectivity index (χ1n) is 6.74. The fourth-order valence-electron chi connectivity index (χ4n) is 2.14. The molecule has 0 bridgehead atoms. The first-order chi connectivity index (χ1) is 9.25. The Morgan fingerprint density at radius 1 is 1.63 bits per heavy atom. The van der Waals surface area contributed by atoms with Crippen LogP contribution in [0.2, 0.25) is 0 Å².